The van der Waals surface area contributed by atoms with Crippen molar-refractivity contribution in [2.75, 3.05) is 13.7 Å². The van der Waals surface area contributed by atoms with Gasteiger partial charge >= 0.3 is 0 Å². The lowest BCUT2D eigenvalue weighted by molar-refractivity contribution is -0.124. The molecule has 3 aliphatic rings. The molecule has 4 nitrogen and oxygen atoms in total. The zero-order chi connectivity index (χ0) is 11.2. The number of rotatable bonds is 1. The number of hydrogen-bond acceptors (Lipinski definition) is 2. The second-order valence-electron chi connectivity index (χ2n) is 5.42. The molecule has 3 atom stereocenters. The largest absolute Gasteiger partial charge is 0.377 e. The fourth-order valence-electron chi connectivity index (χ4n) is 4.13. The molecule has 0 aromatic carbocycles. The molecule has 0 bridgehead atoms. The van der Waals surface area contributed by atoms with Crippen LogP contribution >= 0.6 is 0 Å². The normalized spacial score (nSPS) is 40.8. The predicted molar refractivity (Wildman–Crippen MR) is 63.2 cm³/mol. The third-order valence-corrected chi connectivity index (χ3v) is 4.83. The molecule has 0 aromatic heterocycles. The van der Waals surface area contributed by atoms with E-state index < -0.39 is 0 Å². The standard InChI is InChI=1S/C12H21N3O/c1-14-11(13)15-9-8-4-7-16-10(8)12(9)5-2-3-6-12/h8-10H,2-7H2,1H3,(H3,13,14,15). The first-order valence-electron chi connectivity index (χ1n) is 6.38. The van der Waals surface area contributed by atoms with Gasteiger partial charge in [-0.2, -0.15) is 0 Å². The van der Waals surface area contributed by atoms with Crippen molar-refractivity contribution in [2.24, 2.45) is 22.1 Å². The molecule has 0 amide bonds. The van der Waals surface area contributed by atoms with Crippen LogP contribution in [0.1, 0.15) is 32.1 Å². The smallest absolute Gasteiger partial charge is 0.188 e. The highest BCUT2D eigenvalue weighted by atomic mass is 16.5. The first-order chi connectivity index (χ1) is 7.78. The molecule has 1 spiro atoms. The Kier molecular flexibility index (Phi) is 2.35. The zero-order valence-corrected chi connectivity index (χ0v) is 9.91. The van der Waals surface area contributed by atoms with Crippen LogP contribution < -0.4 is 11.1 Å². The SMILES string of the molecule is CN=C(N)NC1C2CCOC2C12CCCC2. The molecular formula is C12H21N3O. The molecule has 3 N–H and O–H groups in total. The first kappa shape index (κ1) is 10.4. The third-order valence-electron chi connectivity index (χ3n) is 4.83. The number of ether oxygens (including phenoxy) is 1. The Bertz CT molecular complexity index is 309. The van der Waals surface area contributed by atoms with Crippen molar-refractivity contribution in [2.45, 2.75) is 44.2 Å². The van der Waals surface area contributed by atoms with Gasteiger partial charge in [0, 0.05) is 31.0 Å². The van der Waals surface area contributed by atoms with Crippen LogP contribution in [0.4, 0.5) is 0 Å². The van der Waals surface area contributed by atoms with E-state index in [1.165, 1.54) is 32.1 Å². The molecule has 2 saturated carbocycles. The van der Waals surface area contributed by atoms with Gasteiger partial charge in [-0.25, -0.2) is 0 Å². The van der Waals surface area contributed by atoms with E-state index in [9.17, 15) is 0 Å². The molecule has 1 saturated heterocycles. The highest BCUT2D eigenvalue weighted by Gasteiger charge is 2.64. The van der Waals surface area contributed by atoms with Crippen molar-refractivity contribution in [3.63, 3.8) is 0 Å². The molecule has 3 fully saturated rings. The number of guanidine groups is 1. The molecule has 3 unspecified atom stereocenters. The summed E-state index contributed by atoms with van der Waals surface area (Å²) in [4.78, 5) is 4.02. The van der Waals surface area contributed by atoms with Crippen molar-refractivity contribution in [1.82, 2.24) is 5.32 Å². The van der Waals surface area contributed by atoms with Gasteiger partial charge < -0.3 is 15.8 Å². The zero-order valence-electron chi connectivity index (χ0n) is 9.91. The third kappa shape index (κ3) is 1.22. The molecule has 3 rings (SSSR count). The molecule has 16 heavy (non-hydrogen) atoms. The van der Waals surface area contributed by atoms with Gasteiger partial charge in [-0.1, -0.05) is 12.8 Å². The minimum atomic E-state index is 0.372. The van der Waals surface area contributed by atoms with Crippen LogP contribution in [0.25, 0.3) is 0 Å². The quantitative estimate of drug-likeness (QED) is 0.512. The summed E-state index contributed by atoms with van der Waals surface area (Å²) >= 11 is 0. The van der Waals surface area contributed by atoms with Crippen molar-refractivity contribution in [1.29, 1.82) is 0 Å². The molecule has 2 aliphatic carbocycles. The van der Waals surface area contributed by atoms with Crippen LogP contribution in [-0.2, 0) is 4.74 Å². The Morgan fingerprint density at radius 3 is 2.88 bits per heavy atom. The molecule has 1 heterocycles. The van der Waals surface area contributed by atoms with E-state index in [0.717, 1.165) is 6.61 Å². The molecule has 0 aromatic rings. The topological polar surface area (TPSA) is 59.6 Å². The van der Waals surface area contributed by atoms with Crippen LogP contribution in [0.15, 0.2) is 4.99 Å². The summed E-state index contributed by atoms with van der Waals surface area (Å²) in [5.41, 5.74) is 6.19. The number of aliphatic imine (C=N–C) groups is 1. The van der Waals surface area contributed by atoms with Gasteiger partial charge in [0.1, 0.15) is 0 Å². The molecular weight excluding hydrogens is 202 g/mol. The number of nitrogens with two attached hydrogens (primary N) is 1. The summed E-state index contributed by atoms with van der Waals surface area (Å²) in [5.74, 6) is 1.25. The first-order valence-corrected chi connectivity index (χ1v) is 6.38. The lowest BCUT2D eigenvalue weighted by Gasteiger charge is -2.56. The number of nitrogens with zero attached hydrogens (tertiary/aromatic N) is 1. The Morgan fingerprint density at radius 1 is 1.44 bits per heavy atom. The van der Waals surface area contributed by atoms with Crippen LogP contribution in [0.2, 0.25) is 0 Å². The fraction of sp³-hybridized carbons (Fsp3) is 0.917. The van der Waals surface area contributed by atoms with Crippen LogP contribution in [0.3, 0.4) is 0 Å². The van der Waals surface area contributed by atoms with E-state index in [2.05, 4.69) is 10.3 Å². The maximum absolute atomic E-state index is 5.91. The number of hydrogen-bond donors (Lipinski definition) is 2. The van der Waals surface area contributed by atoms with Gasteiger partial charge in [0.25, 0.3) is 0 Å². The highest BCUT2D eigenvalue weighted by molar-refractivity contribution is 5.78. The maximum Gasteiger partial charge on any atom is 0.188 e. The minimum Gasteiger partial charge on any atom is -0.377 e. The van der Waals surface area contributed by atoms with E-state index in [0.29, 0.717) is 29.4 Å². The molecule has 0 radical (unpaired) electrons. The Labute approximate surface area is 96.6 Å². The second-order valence-corrected chi connectivity index (χ2v) is 5.42. The van der Waals surface area contributed by atoms with Crippen LogP contribution in [0.5, 0.6) is 0 Å². The Balaban J connectivity index is 1.79. The summed E-state index contributed by atoms with van der Waals surface area (Å²) in [6.45, 7) is 0.929. The van der Waals surface area contributed by atoms with Crippen molar-refractivity contribution < 1.29 is 4.74 Å². The second kappa shape index (κ2) is 3.62. The van der Waals surface area contributed by atoms with E-state index in [1.807, 2.05) is 0 Å². The van der Waals surface area contributed by atoms with E-state index in [4.69, 9.17) is 10.5 Å². The Morgan fingerprint density at radius 2 is 2.19 bits per heavy atom. The molecule has 1 aliphatic heterocycles. The van der Waals surface area contributed by atoms with Crippen molar-refractivity contribution >= 4 is 5.96 Å². The van der Waals surface area contributed by atoms with Gasteiger partial charge in [-0.05, 0) is 19.3 Å². The average Bonchev–Trinajstić information content (AvgIpc) is 2.92. The van der Waals surface area contributed by atoms with Gasteiger partial charge in [-0.15, -0.1) is 0 Å². The van der Waals surface area contributed by atoms with Crippen LogP contribution in [-0.4, -0.2) is 31.8 Å². The van der Waals surface area contributed by atoms with E-state index in [-0.39, 0.29) is 0 Å². The highest BCUT2D eigenvalue weighted by Crippen LogP contribution is 2.60. The Hall–Kier alpha value is -0.770. The minimum absolute atomic E-state index is 0.372. The predicted octanol–water partition coefficient (Wildman–Crippen LogP) is 0.868. The number of nitrogens with one attached hydrogen (secondary N) is 1. The summed E-state index contributed by atoms with van der Waals surface area (Å²) in [7, 11) is 1.74. The van der Waals surface area contributed by atoms with Crippen molar-refractivity contribution in [3.8, 4) is 0 Å². The summed E-state index contributed by atoms with van der Waals surface area (Å²) in [6, 6.07) is 0.506. The van der Waals surface area contributed by atoms with Crippen molar-refractivity contribution in [3.05, 3.63) is 0 Å². The lowest BCUT2D eigenvalue weighted by Crippen LogP contribution is -2.69. The lowest BCUT2D eigenvalue weighted by atomic mass is 9.54. The van der Waals surface area contributed by atoms with E-state index >= 15 is 0 Å². The maximum atomic E-state index is 5.91. The van der Waals surface area contributed by atoms with Gasteiger partial charge in [0.05, 0.1) is 6.10 Å². The molecule has 90 valence electrons. The van der Waals surface area contributed by atoms with E-state index in [1.54, 1.807) is 7.05 Å². The molecule has 4 heteroatoms. The van der Waals surface area contributed by atoms with Gasteiger partial charge in [0.15, 0.2) is 5.96 Å². The summed E-state index contributed by atoms with van der Waals surface area (Å²) in [6.07, 6.45) is 6.95. The monoisotopic (exact) mass is 223 g/mol. The summed E-state index contributed by atoms with van der Waals surface area (Å²) < 4.78 is 5.91. The average molecular weight is 223 g/mol. The van der Waals surface area contributed by atoms with Gasteiger partial charge in [0.2, 0.25) is 0 Å². The number of fused-ring (bicyclic) bond motifs is 2. The summed E-state index contributed by atoms with van der Waals surface area (Å²) in [5, 5.41) is 3.42. The fourth-order valence-corrected chi connectivity index (χ4v) is 4.13. The van der Waals surface area contributed by atoms with Gasteiger partial charge in [-0.3, -0.25) is 4.99 Å². The van der Waals surface area contributed by atoms with Crippen LogP contribution in [0, 0.1) is 11.3 Å².